The number of likely N-dealkylation sites (N-methyl/N-ethyl adjacent to an activating group) is 2. The molecule has 0 fully saturated rings. The van der Waals surface area contributed by atoms with Crippen LogP contribution in [0.15, 0.2) is 30.3 Å². The average Bonchev–Trinajstić information content (AvgIpc) is 2.75. The zero-order valence-corrected chi connectivity index (χ0v) is 19.7. The van der Waals surface area contributed by atoms with E-state index in [1.165, 1.54) is 19.0 Å². The minimum atomic E-state index is -1.09. The molecule has 0 aliphatic heterocycles. The van der Waals surface area contributed by atoms with Gasteiger partial charge in [0.1, 0.15) is 18.7 Å². The second-order valence-electron chi connectivity index (χ2n) is 8.30. The fourth-order valence-electron chi connectivity index (χ4n) is 3.20. The zero-order valence-electron chi connectivity index (χ0n) is 19.7. The summed E-state index contributed by atoms with van der Waals surface area (Å²) in [6, 6.07) is 7.27. The summed E-state index contributed by atoms with van der Waals surface area (Å²) in [4.78, 5) is 51.7. The van der Waals surface area contributed by atoms with Crippen molar-refractivity contribution in [2.45, 2.75) is 52.8 Å². The lowest BCUT2D eigenvalue weighted by Gasteiger charge is -2.32. The molecule has 178 valence electrons. The summed E-state index contributed by atoms with van der Waals surface area (Å²) in [5.41, 5.74) is 0.815. The van der Waals surface area contributed by atoms with E-state index in [0.29, 0.717) is 6.42 Å². The third-order valence-corrected chi connectivity index (χ3v) is 5.41. The van der Waals surface area contributed by atoms with Crippen molar-refractivity contribution in [2.75, 3.05) is 20.6 Å². The second kappa shape index (κ2) is 12.7. The normalized spacial score (nSPS) is 13.6. The van der Waals surface area contributed by atoms with Crippen LogP contribution in [0.1, 0.15) is 39.7 Å². The van der Waals surface area contributed by atoms with Gasteiger partial charge in [0.15, 0.2) is 0 Å². The van der Waals surface area contributed by atoms with E-state index in [4.69, 9.17) is 4.74 Å². The molecular weight excluding hydrogens is 414 g/mol. The van der Waals surface area contributed by atoms with Gasteiger partial charge in [0, 0.05) is 14.1 Å². The number of carboxylic acids is 1. The Labute approximate surface area is 189 Å². The maximum Gasteiger partial charge on any atom is 0.408 e. The third-order valence-electron chi connectivity index (χ3n) is 5.41. The van der Waals surface area contributed by atoms with Gasteiger partial charge in [-0.15, -0.1) is 0 Å². The van der Waals surface area contributed by atoms with Crippen LogP contribution < -0.4 is 5.32 Å². The highest BCUT2D eigenvalue weighted by Gasteiger charge is 2.33. The van der Waals surface area contributed by atoms with Crippen LogP contribution in [0, 0.1) is 11.8 Å². The molecule has 1 aromatic rings. The Morgan fingerprint density at radius 2 is 1.66 bits per heavy atom. The number of amides is 3. The highest BCUT2D eigenvalue weighted by atomic mass is 16.5. The molecule has 2 N–H and O–H groups in total. The predicted octanol–water partition coefficient (Wildman–Crippen LogP) is 2.35. The van der Waals surface area contributed by atoms with Gasteiger partial charge in [0.2, 0.25) is 11.8 Å². The summed E-state index contributed by atoms with van der Waals surface area (Å²) in [6.45, 7) is 6.91. The quantitative estimate of drug-likeness (QED) is 0.536. The lowest BCUT2D eigenvalue weighted by atomic mass is 9.98. The number of hydrogen-bond acceptors (Lipinski definition) is 5. The standard InChI is InChI=1S/C23H35N3O6/c1-7-16(4)20(22(29)30)26(6)18(27)13-25(5)21(28)19(15(2)3)24-23(31)32-14-17-11-9-8-10-12-17/h8-12,15-16,19-20H,7,13-14H2,1-6H3,(H,24,31)(H,29,30)/t16-,19-,20-/m0/s1. The molecule has 9 nitrogen and oxygen atoms in total. The maximum atomic E-state index is 12.9. The molecule has 3 amide bonds. The minimum Gasteiger partial charge on any atom is -0.480 e. The van der Waals surface area contributed by atoms with Gasteiger partial charge in [-0.25, -0.2) is 9.59 Å². The van der Waals surface area contributed by atoms with Gasteiger partial charge in [-0.2, -0.15) is 0 Å². The van der Waals surface area contributed by atoms with Crippen molar-refractivity contribution in [1.82, 2.24) is 15.1 Å². The summed E-state index contributed by atoms with van der Waals surface area (Å²) >= 11 is 0. The number of carbonyl (C=O) groups is 4. The maximum absolute atomic E-state index is 12.9. The van der Waals surface area contributed by atoms with Crippen LogP contribution in [0.5, 0.6) is 0 Å². The molecule has 0 radical (unpaired) electrons. The summed E-state index contributed by atoms with van der Waals surface area (Å²) < 4.78 is 5.19. The molecule has 0 aromatic heterocycles. The van der Waals surface area contributed by atoms with Crippen molar-refractivity contribution in [3.63, 3.8) is 0 Å². The molecule has 0 saturated heterocycles. The fraction of sp³-hybridized carbons (Fsp3) is 0.565. The molecule has 1 aromatic carbocycles. The van der Waals surface area contributed by atoms with Gasteiger partial charge < -0.3 is 25.0 Å². The first-order chi connectivity index (χ1) is 15.0. The predicted molar refractivity (Wildman–Crippen MR) is 120 cm³/mol. The zero-order chi connectivity index (χ0) is 24.4. The Bertz CT molecular complexity index is 783. The van der Waals surface area contributed by atoms with Crippen LogP contribution >= 0.6 is 0 Å². The molecule has 1 rings (SSSR count). The molecule has 0 aliphatic carbocycles. The van der Waals surface area contributed by atoms with E-state index in [2.05, 4.69) is 5.32 Å². The lowest BCUT2D eigenvalue weighted by Crippen LogP contribution is -2.54. The molecule has 9 heteroatoms. The van der Waals surface area contributed by atoms with Gasteiger partial charge in [0.05, 0.1) is 6.54 Å². The van der Waals surface area contributed by atoms with E-state index in [1.807, 2.05) is 37.3 Å². The van der Waals surface area contributed by atoms with E-state index < -0.39 is 36.0 Å². The van der Waals surface area contributed by atoms with Crippen LogP contribution in [0.4, 0.5) is 4.79 Å². The van der Waals surface area contributed by atoms with Crippen molar-refractivity contribution >= 4 is 23.9 Å². The molecule has 3 atom stereocenters. The summed E-state index contributed by atoms with van der Waals surface area (Å²) in [5.74, 6) is -2.55. The Morgan fingerprint density at radius 3 is 2.16 bits per heavy atom. The number of nitrogens with one attached hydrogen (secondary N) is 1. The van der Waals surface area contributed by atoms with Crippen molar-refractivity contribution in [3.8, 4) is 0 Å². The fourth-order valence-corrected chi connectivity index (χ4v) is 3.20. The van der Waals surface area contributed by atoms with E-state index in [1.54, 1.807) is 20.8 Å². The van der Waals surface area contributed by atoms with E-state index in [9.17, 15) is 24.3 Å². The first-order valence-corrected chi connectivity index (χ1v) is 10.7. The van der Waals surface area contributed by atoms with Gasteiger partial charge >= 0.3 is 12.1 Å². The largest absolute Gasteiger partial charge is 0.480 e. The van der Waals surface area contributed by atoms with Crippen LogP contribution in [0.3, 0.4) is 0 Å². The molecular formula is C23H35N3O6. The third kappa shape index (κ3) is 7.86. The average molecular weight is 450 g/mol. The molecule has 0 spiro atoms. The van der Waals surface area contributed by atoms with Crippen molar-refractivity contribution in [1.29, 1.82) is 0 Å². The highest BCUT2D eigenvalue weighted by Crippen LogP contribution is 2.15. The monoisotopic (exact) mass is 449 g/mol. The molecule has 0 saturated carbocycles. The van der Waals surface area contributed by atoms with Gasteiger partial charge in [-0.05, 0) is 17.4 Å². The SMILES string of the molecule is CC[C@H](C)[C@@H](C(=O)O)N(C)C(=O)CN(C)C(=O)[C@@H](NC(=O)OCc1ccccc1)C(C)C. The van der Waals surface area contributed by atoms with Crippen molar-refractivity contribution in [2.24, 2.45) is 11.8 Å². The molecule has 0 unspecified atom stereocenters. The molecule has 32 heavy (non-hydrogen) atoms. The molecule has 0 aliphatic rings. The van der Waals surface area contributed by atoms with Crippen molar-refractivity contribution in [3.05, 3.63) is 35.9 Å². The van der Waals surface area contributed by atoms with Gasteiger partial charge in [-0.1, -0.05) is 64.4 Å². The Morgan fingerprint density at radius 1 is 1.06 bits per heavy atom. The lowest BCUT2D eigenvalue weighted by molar-refractivity contribution is -0.152. The number of carboxylic acid groups (broad SMARTS) is 1. The van der Waals surface area contributed by atoms with Crippen LogP contribution in [0.25, 0.3) is 0 Å². The number of aliphatic carboxylic acids is 1. The first-order valence-electron chi connectivity index (χ1n) is 10.7. The van der Waals surface area contributed by atoms with Crippen LogP contribution in [0.2, 0.25) is 0 Å². The van der Waals surface area contributed by atoms with E-state index >= 15 is 0 Å². The van der Waals surface area contributed by atoms with Crippen LogP contribution in [-0.2, 0) is 25.7 Å². The summed E-state index contributed by atoms with van der Waals surface area (Å²) in [6.07, 6.45) is -0.145. The van der Waals surface area contributed by atoms with E-state index in [-0.39, 0.29) is 25.0 Å². The van der Waals surface area contributed by atoms with E-state index in [0.717, 1.165) is 10.5 Å². The second-order valence-corrected chi connectivity index (χ2v) is 8.30. The number of hydrogen-bond donors (Lipinski definition) is 2. The summed E-state index contributed by atoms with van der Waals surface area (Å²) in [5, 5.41) is 12.1. The number of benzene rings is 1. The summed E-state index contributed by atoms with van der Waals surface area (Å²) in [7, 11) is 2.87. The first kappa shape index (κ1) is 26.9. The highest BCUT2D eigenvalue weighted by molar-refractivity contribution is 5.91. The van der Waals surface area contributed by atoms with Gasteiger partial charge in [-0.3, -0.25) is 9.59 Å². The number of carbonyl (C=O) groups excluding carboxylic acids is 3. The van der Waals surface area contributed by atoms with Crippen molar-refractivity contribution < 1.29 is 29.0 Å². The molecule has 0 bridgehead atoms. The number of ether oxygens (including phenoxy) is 1. The Hall–Kier alpha value is -3.10. The molecule has 0 heterocycles. The minimum absolute atomic E-state index is 0.0665. The smallest absolute Gasteiger partial charge is 0.408 e. The van der Waals surface area contributed by atoms with Gasteiger partial charge in [0.25, 0.3) is 0 Å². The Kier molecular flexibility index (Phi) is 10.7. The number of nitrogens with zero attached hydrogens (tertiary/aromatic N) is 2. The number of alkyl carbamates (subject to hydrolysis) is 1. The number of rotatable bonds is 11. The van der Waals surface area contributed by atoms with Crippen LogP contribution in [-0.4, -0.2) is 71.5 Å². The topological polar surface area (TPSA) is 116 Å². The Balaban J connectivity index is 2.75.